The molecule has 10 heteroatoms. The fourth-order valence-electron chi connectivity index (χ4n) is 7.96. The van der Waals surface area contributed by atoms with Crippen molar-refractivity contribution >= 4 is 28.1 Å². The number of carbonyl (C=O) groups is 2. The highest BCUT2D eigenvalue weighted by Gasteiger charge is 2.65. The minimum atomic E-state index is -2.49. The molecule has 0 radical (unpaired) electrons. The summed E-state index contributed by atoms with van der Waals surface area (Å²) in [5.41, 5.74) is 0.190. The van der Waals surface area contributed by atoms with Crippen molar-refractivity contribution in [1.82, 2.24) is 15.0 Å². The van der Waals surface area contributed by atoms with Gasteiger partial charge in [0.2, 0.25) is 11.6 Å². The van der Waals surface area contributed by atoms with E-state index >= 15 is 0 Å². The Hall–Kier alpha value is -4.51. The number of nitrogens with zero attached hydrogens (tertiary/aromatic N) is 3. The Morgan fingerprint density at radius 3 is 2.52 bits per heavy atom. The van der Waals surface area contributed by atoms with E-state index in [2.05, 4.69) is 16.1 Å². The van der Waals surface area contributed by atoms with Crippen LogP contribution in [0.4, 0.5) is 0 Å². The van der Waals surface area contributed by atoms with Gasteiger partial charge in [0.15, 0.2) is 11.4 Å². The number of benzene rings is 3. The maximum atomic E-state index is 14.4. The van der Waals surface area contributed by atoms with Gasteiger partial charge in [0, 0.05) is 23.4 Å². The fourth-order valence-corrected chi connectivity index (χ4v) is 7.96. The number of phenols is 1. The smallest absolute Gasteiger partial charge is 0.265 e. The van der Waals surface area contributed by atoms with Crippen LogP contribution in [0.2, 0.25) is 0 Å². The number of hydrogen-bond donors (Lipinski definition) is 3. The molecule has 0 spiro atoms. The molecule has 1 aliphatic heterocycles. The normalized spacial score (nSPS) is 25.6. The van der Waals surface area contributed by atoms with Gasteiger partial charge in [-0.1, -0.05) is 48.5 Å². The Bertz CT molecular complexity index is 1940. The maximum Gasteiger partial charge on any atom is 0.265 e. The van der Waals surface area contributed by atoms with Gasteiger partial charge in [0.05, 0.1) is 11.6 Å². The number of ether oxygens (including phenoxy) is 1. The van der Waals surface area contributed by atoms with E-state index in [1.807, 2.05) is 53.4 Å². The van der Waals surface area contributed by atoms with Gasteiger partial charge in [-0.2, -0.15) is 0 Å². The van der Waals surface area contributed by atoms with E-state index in [4.69, 9.17) is 9.26 Å². The summed E-state index contributed by atoms with van der Waals surface area (Å²) in [6, 6.07) is 16.6. The van der Waals surface area contributed by atoms with Gasteiger partial charge in [0.25, 0.3) is 5.88 Å². The Morgan fingerprint density at radius 1 is 1.02 bits per heavy atom. The first-order valence-corrected chi connectivity index (χ1v) is 15.7. The standard InChI is InChI=1S/C36H35N3O7/c1-38(2)29-25-16-23-15-22-14-21-10-9-20(17-39-11-6-12-39)13-24(21)30(40)26(22)31(41)27(23)33(42)36(25,44)34(43)28-32(29)46-37-35(28)45-18-19-7-4-3-5-8-19/h3-5,7-10,13-14,23,25,29,40-41,44H,6,11-12,15-18H2,1-2H3/t23-,25-,29-,36-/m0/s1. The summed E-state index contributed by atoms with van der Waals surface area (Å²) < 4.78 is 11.6. The summed E-state index contributed by atoms with van der Waals surface area (Å²) in [7, 11) is 3.59. The number of phenolic OH excluding ortho intramolecular Hbond substituents is 1. The topological polar surface area (TPSA) is 137 Å². The zero-order valence-electron chi connectivity index (χ0n) is 25.7. The van der Waals surface area contributed by atoms with Gasteiger partial charge in [0.1, 0.15) is 23.7 Å². The van der Waals surface area contributed by atoms with Gasteiger partial charge in [-0.15, -0.1) is 0 Å². The number of aliphatic hydroxyl groups excluding tert-OH is 1. The van der Waals surface area contributed by atoms with Crippen molar-refractivity contribution < 1.29 is 34.2 Å². The van der Waals surface area contributed by atoms with Crippen molar-refractivity contribution in [2.24, 2.45) is 11.8 Å². The lowest BCUT2D eigenvalue weighted by molar-refractivity contribution is -0.142. The van der Waals surface area contributed by atoms with Crippen molar-refractivity contribution in [3.8, 4) is 11.6 Å². The lowest BCUT2D eigenvalue weighted by Gasteiger charge is -2.49. The quantitative estimate of drug-likeness (QED) is 0.263. The van der Waals surface area contributed by atoms with Crippen LogP contribution in [0.3, 0.4) is 0 Å². The molecular weight excluding hydrogens is 586 g/mol. The molecule has 4 aliphatic rings. The van der Waals surface area contributed by atoms with Crippen molar-refractivity contribution in [3.05, 3.63) is 93.7 Å². The molecule has 236 valence electrons. The van der Waals surface area contributed by atoms with Crippen LogP contribution in [0, 0.1) is 11.8 Å². The Labute approximate surface area is 265 Å². The Balaban J connectivity index is 1.20. The average Bonchev–Trinajstić information content (AvgIpc) is 3.43. The first kappa shape index (κ1) is 28.9. The molecular formula is C36H35N3O7. The molecule has 3 N–H and O–H groups in total. The minimum absolute atomic E-state index is 0.0323. The number of aromatic nitrogens is 1. The fraction of sp³-hybridized carbons (Fsp3) is 0.361. The number of ketones is 2. The monoisotopic (exact) mass is 621 g/mol. The van der Waals surface area contributed by atoms with Crippen LogP contribution < -0.4 is 4.74 Å². The summed E-state index contributed by atoms with van der Waals surface area (Å²) in [6.07, 6.45) is 1.76. The molecule has 0 unspecified atom stereocenters. The highest BCUT2D eigenvalue weighted by molar-refractivity contribution is 6.26. The predicted molar refractivity (Wildman–Crippen MR) is 168 cm³/mol. The van der Waals surface area contributed by atoms with E-state index in [9.17, 15) is 24.9 Å². The van der Waals surface area contributed by atoms with E-state index < -0.39 is 35.0 Å². The first-order valence-electron chi connectivity index (χ1n) is 15.7. The first-order chi connectivity index (χ1) is 22.2. The van der Waals surface area contributed by atoms with Crippen LogP contribution in [0.5, 0.6) is 11.6 Å². The summed E-state index contributed by atoms with van der Waals surface area (Å²) in [5, 5.41) is 41.0. The largest absolute Gasteiger partial charge is 0.507 e. The molecule has 3 aliphatic carbocycles. The van der Waals surface area contributed by atoms with Gasteiger partial charge in [-0.25, -0.2) is 0 Å². The molecule has 1 saturated heterocycles. The number of aliphatic hydroxyl groups is 2. The van der Waals surface area contributed by atoms with Gasteiger partial charge in [-0.3, -0.25) is 19.4 Å². The minimum Gasteiger partial charge on any atom is -0.507 e. The summed E-state index contributed by atoms with van der Waals surface area (Å²) in [5.74, 6) is -3.42. The number of carbonyl (C=O) groups excluding carboxylic acids is 2. The van der Waals surface area contributed by atoms with E-state index in [0.717, 1.165) is 36.1 Å². The molecule has 10 nitrogen and oxygen atoms in total. The highest BCUT2D eigenvalue weighted by atomic mass is 16.5. The third-order valence-electron chi connectivity index (χ3n) is 10.3. The zero-order chi connectivity index (χ0) is 31.9. The van der Waals surface area contributed by atoms with E-state index in [-0.39, 0.29) is 52.9 Å². The van der Waals surface area contributed by atoms with Crippen LogP contribution in [0.25, 0.3) is 16.5 Å². The van der Waals surface area contributed by atoms with E-state index in [0.29, 0.717) is 17.4 Å². The Morgan fingerprint density at radius 2 is 1.80 bits per heavy atom. The van der Waals surface area contributed by atoms with Crippen LogP contribution in [0.1, 0.15) is 57.3 Å². The Kier molecular flexibility index (Phi) is 6.61. The van der Waals surface area contributed by atoms with E-state index in [1.165, 1.54) is 6.42 Å². The molecule has 0 bridgehead atoms. The predicted octanol–water partition coefficient (Wildman–Crippen LogP) is 4.58. The van der Waals surface area contributed by atoms with Crippen molar-refractivity contribution in [2.45, 2.75) is 44.1 Å². The van der Waals surface area contributed by atoms with Crippen LogP contribution in [-0.2, 0) is 24.4 Å². The number of fused-ring (bicyclic) bond motifs is 5. The van der Waals surface area contributed by atoms with Crippen molar-refractivity contribution in [3.63, 3.8) is 0 Å². The number of likely N-dealkylation sites (tertiary alicyclic amines) is 1. The van der Waals surface area contributed by atoms with Gasteiger partial charge in [-0.05, 0) is 85.7 Å². The number of Topliss-reactive ketones (excluding diaryl/α,β-unsaturated/α-hetero) is 2. The summed E-state index contributed by atoms with van der Waals surface area (Å²) in [4.78, 5) is 32.8. The lowest BCUT2D eigenvalue weighted by atomic mass is 9.57. The molecule has 3 aromatic carbocycles. The third-order valence-corrected chi connectivity index (χ3v) is 10.3. The van der Waals surface area contributed by atoms with Crippen molar-refractivity contribution in [2.75, 3.05) is 27.2 Å². The van der Waals surface area contributed by atoms with Crippen LogP contribution in [-0.4, -0.2) is 74.6 Å². The molecule has 1 aromatic heterocycles. The second-order valence-electron chi connectivity index (χ2n) is 13.3. The molecule has 46 heavy (non-hydrogen) atoms. The molecule has 8 rings (SSSR count). The van der Waals surface area contributed by atoms with Crippen LogP contribution in [0.15, 0.2) is 64.7 Å². The molecule has 1 saturated carbocycles. The highest BCUT2D eigenvalue weighted by Crippen LogP contribution is 2.56. The van der Waals surface area contributed by atoms with Crippen molar-refractivity contribution in [1.29, 1.82) is 0 Å². The number of aromatic hydroxyl groups is 1. The van der Waals surface area contributed by atoms with E-state index in [1.54, 1.807) is 14.1 Å². The van der Waals surface area contributed by atoms with Gasteiger partial charge >= 0.3 is 0 Å². The summed E-state index contributed by atoms with van der Waals surface area (Å²) >= 11 is 0. The second kappa shape index (κ2) is 10.5. The second-order valence-corrected chi connectivity index (χ2v) is 13.3. The van der Waals surface area contributed by atoms with Crippen LogP contribution >= 0.6 is 0 Å². The summed E-state index contributed by atoms with van der Waals surface area (Å²) in [6.45, 7) is 2.96. The molecule has 0 amide bonds. The zero-order valence-corrected chi connectivity index (χ0v) is 25.7. The molecule has 4 aromatic rings. The molecule has 2 fully saturated rings. The van der Waals surface area contributed by atoms with Gasteiger partial charge < -0.3 is 24.6 Å². The number of rotatable bonds is 6. The third kappa shape index (κ3) is 4.17. The SMILES string of the molecule is CN(C)[C@@H]1c2onc(OCc3ccccc3)c2C(=O)[C@@]2(O)C(=O)C3=C(O)c4c(cc5ccc(CN6CCC6)cc5c4O)C[C@H]3C[C@@H]12. The molecule has 4 atom stereocenters. The molecule has 2 heterocycles. The average molecular weight is 622 g/mol. The lowest BCUT2D eigenvalue weighted by Crippen LogP contribution is -2.63. The maximum absolute atomic E-state index is 14.4. The number of hydrogen-bond acceptors (Lipinski definition) is 10.